The van der Waals surface area contributed by atoms with Crippen LogP contribution in [0.25, 0.3) is 0 Å². The number of halogens is 2. The number of thiocarbonyl (C=S) groups is 1. The molecule has 1 aliphatic carbocycles. The van der Waals surface area contributed by atoms with Crippen LogP contribution in [0.5, 0.6) is 0 Å². The molecule has 6 heteroatoms. The lowest BCUT2D eigenvalue weighted by Crippen LogP contribution is -2.35. The van der Waals surface area contributed by atoms with Gasteiger partial charge < -0.3 is 11.1 Å². The van der Waals surface area contributed by atoms with E-state index in [9.17, 15) is 4.79 Å². The van der Waals surface area contributed by atoms with E-state index in [0.717, 1.165) is 16.4 Å². The van der Waals surface area contributed by atoms with Gasteiger partial charge in [-0.3, -0.25) is 4.79 Å². The third kappa shape index (κ3) is 2.56. The molecule has 1 saturated carbocycles. The molecule has 0 unspecified atom stereocenters. The maximum atomic E-state index is 12.0. The van der Waals surface area contributed by atoms with E-state index < -0.39 is 5.41 Å². The molecule has 17 heavy (non-hydrogen) atoms. The van der Waals surface area contributed by atoms with E-state index in [-0.39, 0.29) is 10.9 Å². The van der Waals surface area contributed by atoms with Crippen LogP contribution < -0.4 is 11.1 Å². The number of carbonyl (C=O) groups excluding carboxylic acids is 1. The van der Waals surface area contributed by atoms with Crippen LogP contribution in [-0.2, 0) is 4.79 Å². The van der Waals surface area contributed by atoms with Gasteiger partial charge in [-0.2, -0.15) is 0 Å². The van der Waals surface area contributed by atoms with Gasteiger partial charge in [0.15, 0.2) is 0 Å². The summed E-state index contributed by atoms with van der Waals surface area (Å²) >= 11 is 13.1. The van der Waals surface area contributed by atoms with Gasteiger partial charge in [-0.05, 0) is 53.6 Å². The lowest BCUT2D eigenvalue weighted by atomic mass is 10.1. The van der Waals surface area contributed by atoms with E-state index in [1.807, 2.05) is 6.07 Å². The molecule has 2 rings (SSSR count). The topological polar surface area (TPSA) is 55.1 Å². The number of hydrogen-bond acceptors (Lipinski definition) is 2. The molecular weight excluding hydrogens is 371 g/mol. The number of nitrogens with two attached hydrogens (primary N) is 1. The molecule has 90 valence electrons. The summed E-state index contributed by atoms with van der Waals surface area (Å²) in [6.45, 7) is 0. The maximum Gasteiger partial charge on any atom is 0.237 e. The van der Waals surface area contributed by atoms with Crippen molar-refractivity contribution in [2.45, 2.75) is 12.8 Å². The highest BCUT2D eigenvalue weighted by atomic mass is 127. The maximum absolute atomic E-state index is 12.0. The molecule has 1 aromatic rings. The fourth-order valence-electron chi connectivity index (χ4n) is 1.54. The molecule has 1 aromatic carbocycles. The molecule has 3 nitrogen and oxygen atoms in total. The van der Waals surface area contributed by atoms with Gasteiger partial charge in [0.25, 0.3) is 0 Å². The minimum absolute atomic E-state index is 0.159. The Labute approximate surface area is 123 Å². The molecule has 0 saturated heterocycles. The molecule has 0 spiro atoms. The summed E-state index contributed by atoms with van der Waals surface area (Å²) in [7, 11) is 0. The van der Waals surface area contributed by atoms with E-state index >= 15 is 0 Å². The molecule has 0 radical (unpaired) electrons. The van der Waals surface area contributed by atoms with E-state index in [0.29, 0.717) is 10.7 Å². The molecule has 0 aliphatic heterocycles. The molecule has 1 aliphatic rings. The minimum atomic E-state index is -0.651. The second-order valence-corrected chi connectivity index (χ2v) is 6.12. The van der Waals surface area contributed by atoms with Gasteiger partial charge in [-0.15, -0.1) is 0 Å². The first kappa shape index (κ1) is 13.0. The van der Waals surface area contributed by atoms with Crippen molar-refractivity contribution in [2.75, 3.05) is 5.32 Å². The van der Waals surface area contributed by atoms with Crippen molar-refractivity contribution in [3.05, 3.63) is 26.8 Å². The highest BCUT2D eigenvalue weighted by Crippen LogP contribution is 2.47. The molecule has 3 N–H and O–H groups in total. The summed E-state index contributed by atoms with van der Waals surface area (Å²) in [5, 5.41) is 3.30. The predicted octanol–water partition coefficient (Wildman–Crippen LogP) is 2.95. The molecular formula is C11H10ClIN2OS. The van der Waals surface area contributed by atoms with Gasteiger partial charge >= 0.3 is 0 Å². The van der Waals surface area contributed by atoms with Gasteiger partial charge in [0.2, 0.25) is 5.91 Å². The van der Waals surface area contributed by atoms with Crippen molar-refractivity contribution in [3.8, 4) is 0 Å². The molecule has 0 aromatic heterocycles. The Kier molecular flexibility index (Phi) is 3.61. The highest BCUT2D eigenvalue weighted by molar-refractivity contribution is 14.1. The van der Waals surface area contributed by atoms with E-state index in [1.54, 1.807) is 12.1 Å². The first-order chi connectivity index (χ1) is 7.95. The van der Waals surface area contributed by atoms with Gasteiger partial charge in [0.05, 0.1) is 21.1 Å². The van der Waals surface area contributed by atoms with Crippen molar-refractivity contribution in [2.24, 2.45) is 11.1 Å². The number of rotatable bonds is 3. The fourth-order valence-corrected chi connectivity index (χ4v) is 2.74. The number of anilines is 1. The molecule has 0 heterocycles. The van der Waals surface area contributed by atoms with E-state index in [4.69, 9.17) is 29.6 Å². The minimum Gasteiger partial charge on any atom is -0.392 e. The highest BCUT2D eigenvalue weighted by Gasteiger charge is 2.52. The summed E-state index contributed by atoms with van der Waals surface area (Å²) < 4.78 is 1.01. The zero-order valence-electron chi connectivity index (χ0n) is 8.80. The second kappa shape index (κ2) is 4.70. The summed E-state index contributed by atoms with van der Waals surface area (Å²) in [6.07, 6.45) is 1.44. The summed E-state index contributed by atoms with van der Waals surface area (Å²) in [6, 6.07) is 5.44. The normalized spacial score (nSPS) is 16.4. The van der Waals surface area contributed by atoms with Gasteiger partial charge in [-0.1, -0.05) is 23.8 Å². The van der Waals surface area contributed by atoms with Gasteiger partial charge in [-0.25, -0.2) is 0 Å². The predicted molar refractivity (Wildman–Crippen MR) is 81.3 cm³/mol. The van der Waals surface area contributed by atoms with Crippen molar-refractivity contribution in [3.63, 3.8) is 0 Å². The SMILES string of the molecule is NC(=S)C1(C(=O)Nc2ccc(I)cc2Cl)CC1. The summed E-state index contributed by atoms with van der Waals surface area (Å²) in [5.41, 5.74) is 5.53. The summed E-state index contributed by atoms with van der Waals surface area (Å²) in [5.74, 6) is -0.159. The van der Waals surface area contributed by atoms with Crippen molar-refractivity contribution in [1.82, 2.24) is 0 Å². The number of hydrogen-bond donors (Lipinski definition) is 2. The Hall–Kier alpha value is -0.400. The monoisotopic (exact) mass is 380 g/mol. The second-order valence-electron chi connectivity index (χ2n) is 4.02. The Morgan fingerprint density at radius 3 is 2.65 bits per heavy atom. The van der Waals surface area contributed by atoms with Crippen LogP contribution in [0.1, 0.15) is 12.8 Å². The Morgan fingerprint density at radius 1 is 1.53 bits per heavy atom. The third-order valence-corrected chi connectivity index (χ3v) is 4.21. The lowest BCUT2D eigenvalue weighted by Gasteiger charge is -2.14. The first-order valence-electron chi connectivity index (χ1n) is 5.02. The Balaban J connectivity index is 2.17. The quantitative estimate of drug-likeness (QED) is 0.626. The van der Waals surface area contributed by atoms with Crippen LogP contribution in [-0.4, -0.2) is 10.9 Å². The van der Waals surface area contributed by atoms with Crippen molar-refractivity contribution in [1.29, 1.82) is 0 Å². The van der Waals surface area contributed by atoms with Crippen LogP contribution in [0, 0.1) is 8.99 Å². The zero-order valence-corrected chi connectivity index (χ0v) is 12.5. The molecule has 1 amide bonds. The van der Waals surface area contributed by atoms with Crippen molar-refractivity contribution >= 4 is 63.0 Å². The largest absolute Gasteiger partial charge is 0.392 e. The molecule has 0 atom stereocenters. The van der Waals surface area contributed by atoms with Crippen LogP contribution in [0.3, 0.4) is 0 Å². The Bertz CT molecular complexity index is 502. The van der Waals surface area contributed by atoms with Crippen LogP contribution >= 0.6 is 46.4 Å². The van der Waals surface area contributed by atoms with Crippen LogP contribution in [0.4, 0.5) is 5.69 Å². The number of amides is 1. The molecule has 1 fully saturated rings. The fraction of sp³-hybridized carbons (Fsp3) is 0.273. The standard InChI is InChI=1S/C11H10ClIN2OS/c12-7-5-6(13)1-2-8(7)15-10(16)11(3-4-11)9(14)17/h1-2,5H,3-4H2,(H2,14,17)(H,15,16). The van der Waals surface area contributed by atoms with Gasteiger partial charge in [0.1, 0.15) is 0 Å². The smallest absolute Gasteiger partial charge is 0.237 e. The number of benzene rings is 1. The molecule has 0 bridgehead atoms. The average Bonchev–Trinajstić information content (AvgIpc) is 3.02. The first-order valence-corrected chi connectivity index (χ1v) is 6.88. The van der Waals surface area contributed by atoms with E-state index in [1.165, 1.54) is 0 Å². The van der Waals surface area contributed by atoms with Crippen LogP contribution in [0.2, 0.25) is 5.02 Å². The number of carbonyl (C=O) groups is 1. The zero-order chi connectivity index (χ0) is 12.6. The average molecular weight is 381 g/mol. The lowest BCUT2D eigenvalue weighted by molar-refractivity contribution is -0.118. The van der Waals surface area contributed by atoms with Crippen molar-refractivity contribution < 1.29 is 4.79 Å². The van der Waals surface area contributed by atoms with Crippen LogP contribution in [0.15, 0.2) is 18.2 Å². The van der Waals surface area contributed by atoms with E-state index in [2.05, 4.69) is 27.9 Å². The summed E-state index contributed by atoms with van der Waals surface area (Å²) in [4.78, 5) is 12.3. The third-order valence-electron chi connectivity index (χ3n) is 2.84. The number of nitrogens with one attached hydrogen (secondary N) is 1. The van der Waals surface area contributed by atoms with Gasteiger partial charge in [0, 0.05) is 3.57 Å². The Morgan fingerprint density at radius 2 is 2.18 bits per heavy atom.